The second-order valence-electron chi connectivity index (χ2n) is 8.08. The summed E-state index contributed by atoms with van der Waals surface area (Å²) in [5.41, 5.74) is 4.52. The smallest absolute Gasteiger partial charge is 0.307 e. The van der Waals surface area contributed by atoms with Gasteiger partial charge in [0.05, 0.1) is 22.2 Å². The number of fused-ring (bicyclic) bond motifs is 1. The van der Waals surface area contributed by atoms with Crippen LogP contribution in [0.3, 0.4) is 0 Å². The monoisotopic (exact) mass is 428 g/mol. The van der Waals surface area contributed by atoms with E-state index in [1.54, 1.807) is 11.3 Å². The fourth-order valence-electron chi connectivity index (χ4n) is 4.45. The van der Waals surface area contributed by atoms with Gasteiger partial charge in [-0.05, 0) is 48.2 Å². The van der Waals surface area contributed by atoms with E-state index in [2.05, 4.69) is 47.4 Å². The zero-order valence-corrected chi connectivity index (χ0v) is 18.0. The third kappa shape index (κ3) is 4.11. The fourth-order valence-corrected chi connectivity index (χ4v) is 5.58. The summed E-state index contributed by atoms with van der Waals surface area (Å²) < 4.78 is 1.16. The van der Waals surface area contributed by atoms with Crippen LogP contribution in [0.5, 0.6) is 0 Å². The van der Waals surface area contributed by atoms with Gasteiger partial charge in [-0.25, -0.2) is 4.98 Å². The lowest BCUT2D eigenvalue weighted by Gasteiger charge is -2.36. The van der Waals surface area contributed by atoms with Gasteiger partial charge in [0.2, 0.25) is 0 Å². The molecule has 4 nitrogen and oxygen atoms in total. The molecule has 0 radical (unpaired) electrons. The quantitative estimate of drug-likeness (QED) is 0.433. The molecule has 3 aromatic carbocycles. The molecule has 5 rings (SSSR count). The number of carboxylic acids is 1. The van der Waals surface area contributed by atoms with Crippen LogP contribution in [0, 0.1) is 5.92 Å². The van der Waals surface area contributed by atoms with Gasteiger partial charge in [-0.3, -0.25) is 9.69 Å². The number of nitrogens with zero attached hydrogens (tertiary/aromatic N) is 2. The molecule has 2 heterocycles. The molecule has 0 aliphatic carbocycles. The van der Waals surface area contributed by atoms with Crippen molar-refractivity contribution >= 4 is 27.5 Å². The number of carboxylic acid groups (broad SMARTS) is 1. The summed E-state index contributed by atoms with van der Waals surface area (Å²) in [6.45, 7) is 1.43. The first kappa shape index (κ1) is 19.9. The molecule has 1 N–H and O–H groups in total. The first-order chi connectivity index (χ1) is 15.2. The highest BCUT2D eigenvalue weighted by molar-refractivity contribution is 7.18. The number of para-hydroxylation sites is 1. The summed E-state index contributed by atoms with van der Waals surface area (Å²) >= 11 is 1.70. The van der Waals surface area contributed by atoms with Crippen molar-refractivity contribution in [2.75, 3.05) is 13.1 Å². The van der Waals surface area contributed by atoms with Crippen LogP contribution < -0.4 is 0 Å². The van der Waals surface area contributed by atoms with Gasteiger partial charge in [0, 0.05) is 6.54 Å². The second kappa shape index (κ2) is 8.61. The molecule has 0 saturated carbocycles. The molecule has 5 heteroatoms. The van der Waals surface area contributed by atoms with Crippen LogP contribution in [-0.2, 0) is 4.79 Å². The lowest BCUT2D eigenvalue weighted by Crippen LogP contribution is -2.41. The minimum atomic E-state index is -0.702. The first-order valence-corrected chi connectivity index (χ1v) is 11.5. The molecule has 1 aliphatic rings. The number of piperidine rings is 1. The second-order valence-corrected chi connectivity index (χ2v) is 9.14. The average molecular weight is 429 g/mol. The molecular formula is C26H24N2O2S. The molecule has 2 unspecified atom stereocenters. The van der Waals surface area contributed by atoms with Crippen molar-refractivity contribution in [3.8, 4) is 11.1 Å². The molecule has 0 spiro atoms. The van der Waals surface area contributed by atoms with Crippen LogP contribution in [0.25, 0.3) is 21.3 Å². The molecule has 156 valence electrons. The van der Waals surface area contributed by atoms with E-state index in [4.69, 9.17) is 4.98 Å². The number of hydrogen-bond donors (Lipinski definition) is 1. The van der Waals surface area contributed by atoms with Gasteiger partial charge in [0.1, 0.15) is 5.01 Å². The Labute approximate surface area is 185 Å². The Morgan fingerprint density at radius 2 is 1.68 bits per heavy atom. The lowest BCUT2D eigenvalue weighted by atomic mass is 9.94. The zero-order valence-electron chi connectivity index (χ0n) is 17.1. The molecule has 1 fully saturated rings. The van der Waals surface area contributed by atoms with Crippen molar-refractivity contribution in [3.05, 3.63) is 89.4 Å². The van der Waals surface area contributed by atoms with E-state index in [1.807, 2.05) is 36.4 Å². The number of carbonyl (C=O) groups is 1. The molecule has 1 aromatic heterocycles. The third-order valence-corrected chi connectivity index (χ3v) is 7.13. The van der Waals surface area contributed by atoms with Crippen LogP contribution in [0.1, 0.15) is 29.5 Å². The summed E-state index contributed by atoms with van der Waals surface area (Å²) in [7, 11) is 0. The van der Waals surface area contributed by atoms with Crippen molar-refractivity contribution in [2.24, 2.45) is 5.92 Å². The number of likely N-dealkylation sites (tertiary alicyclic amines) is 1. The van der Waals surface area contributed by atoms with Crippen LogP contribution >= 0.6 is 11.3 Å². The Morgan fingerprint density at radius 1 is 0.968 bits per heavy atom. The number of aromatic nitrogens is 1. The highest BCUT2D eigenvalue weighted by Gasteiger charge is 2.32. The Balaban J connectivity index is 1.54. The number of aliphatic carboxylic acids is 1. The lowest BCUT2D eigenvalue weighted by molar-refractivity contribution is -0.143. The highest BCUT2D eigenvalue weighted by Crippen LogP contribution is 2.37. The maximum atomic E-state index is 11.7. The van der Waals surface area contributed by atoms with Crippen molar-refractivity contribution in [2.45, 2.75) is 18.9 Å². The molecule has 4 aromatic rings. The number of hydrogen-bond acceptors (Lipinski definition) is 4. The van der Waals surface area contributed by atoms with Gasteiger partial charge < -0.3 is 5.11 Å². The molecule has 0 bridgehead atoms. The maximum absolute atomic E-state index is 11.7. The molecule has 31 heavy (non-hydrogen) atoms. The fraction of sp³-hybridized carbons (Fsp3) is 0.231. The molecular weight excluding hydrogens is 404 g/mol. The predicted molar refractivity (Wildman–Crippen MR) is 125 cm³/mol. The van der Waals surface area contributed by atoms with Gasteiger partial charge in [0.15, 0.2) is 0 Å². The molecule has 2 atom stereocenters. The zero-order chi connectivity index (χ0) is 21.2. The summed E-state index contributed by atoms with van der Waals surface area (Å²) in [5, 5.41) is 10.6. The van der Waals surface area contributed by atoms with Crippen molar-refractivity contribution in [3.63, 3.8) is 0 Å². The third-order valence-electron chi connectivity index (χ3n) is 6.05. The summed E-state index contributed by atoms with van der Waals surface area (Å²) in [6, 6.07) is 27.2. The molecule has 1 saturated heterocycles. The Morgan fingerprint density at radius 3 is 2.42 bits per heavy atom. The van der Waals surface area contributed by atoms with E-state index in [9.17, 15) is 9.90 Å². The number of benzene rings is 3. The van der Waals surface area contributed by atoms with E-state index in [-0.39, 0.29) is 12.0 Å². The van der Waals surface area contributed by atoms with E-state index < -0.39 is 5.97 Å². The van der Waals surface area contributed by atoms with Gasteiger partial charge in [0.25, 0.3) is 0 Å². The molecule has 1 aliphatic heterocycles. The van der Waals surface area contributed by atoms with Crippen molar-refractivity contribution in [1.82, 2.24) is 9.88 Å². The minimum Gasteiger partial charge on any atom is -0.481 e. The van der Waals surface area contributed by atoms with Gasteiger partial charge in [-0.1, -0.05) is 66.7 Å². The van der Waals surface area contributed by atoms with Gasteiger partial charge >= 0.3 is 5.97 Å². The number of rotatable bonds is 5. The van der Waals surface area contributed by atoms with E-state index in [0.717, 1.165) is 40.2 Å². The summed E-state index contributed by atoms with van der Waals surface area (Å²) in [6.07, 6.45) is 1.63. The van der Waals surface area contributed by atoms with Crippen molar-refractivity contribution in [1.29, 1.82) is 0 Å². The normalized spacial score (nSPS) is 18.1. The predicted octanol–water partition coefficient (Wildman–Crippen LogP) is 5.85. The Hall–Kier alpha value is -3.02. The molecule has 0 amide bonds. The highest BCUT2D eigenvalue weighted by atomic mass is 32.1. The largest absolute Gasteiger partial charge is 0.481 e. The Kier molecular flexibility index (Phi) is 5.53. The summed E-state index contributed by atoms with van der Waals surface area (Å²) in [5.74, 6) is -1.03. The van der Waals surface area contributed by atoms with Crippen LogP contribution in [0.15, 0.2) is 78.9 Å². The van der Waals surface area contributed by atoms with E-state index in [0.29, 0.717) is 6.54 Å². The Bertz CT molecular complexity index is 1150. The van der Waals surface area contributed by atoms with Crippen LogP contribution in [0.2, 0.25) is 0 Å². The first-order valence-electron chi connectivity index (χ1n) is 10.7. The maximum Gasteiger partial charge on any atom is 0.307 e. The minimum absolute atomic E-state index is 0.0376. The topological polar surface area (TPSA) is 53.4 Å². The SMILES string of the molecule is O=C(O)C1CCCN(C(c2ccc(-c3ccccc3)cc2)c2nc3ccccc3s2)C1. The van der Waals surface area contributed by atoms with Crippen LogP contribution in [-0.4, -0.2) is 34.0 Å². The van der Waals surface area contributed by atoms with E-state index >= 15 is 0 Å². The van der Waals surface area contributed by atoms with E-state index in [1.165, 1.54) is 11.1 Å². The van der Waals surface area contributed by atoms with Crippen molar-refractivity contribution < 1.29 is 9.90 Å². The van der Waals surface area contributed by atoms with Crippen LogP contribution in [0.4, 0.5) is 0 Å². The summed E-state index contributed by atoms with van der Waals surface area (Å²) in [4.78, 5) is 18.9. The van der Waals surface area contributed by atoms with Gasteiger partial charge in [-0.15, -0.1) is 11.3 Å². The standard InChI is InChI=1S/C26H24N2O2S/c29-26(30)21-9-6-16-28(17-21)24(25-27-22-10-4-5-11-23(22)31-25)20-14-12-19(13-15-20)18-7-2-1-3-8-18/h1-5,7-8,10-15,21,24H,6,9,16-17H2,(H,29,30). The average Bonchev–Trinajstić information content (AvgIpc) is 3.24. The van der Waals surface area contributed by atoms with Gasteiger partial charge in [-0.2, -0.15) is 0 Å². The number of thiazole rings is 1.